The van der Waals surface area contributed by atoms with E-state index in [1.54, 1.807) is 0 Å². The molecule has 86 valence electrons. The summed E-state index contributed by atoms with van der Waals surface area (Å²) in [7, 11) is 0. The fourth-order valence-corrected chi connectivity index (χ4v) is 1.32. The molecule has 0 amide bonds. The van der Waals surface area contributed by atoms with Crippen LogP contribution in [-0.4, -0.2) is 12.7 Å². The Morgan fingerprint density at radius 3 is 1.40 bits per heavy atom. The van der Waals surface area contributed by atoms with Gasteiger partial charge in [-0.25, -0.2) is 0 Å². The predicted molar refractivity (Wildman–Crippen MR) is 37.7 cm³/mol. The number of halogens is 6. The number of hydrogen-bond donors (Lipinski definition) is 0. The molecule has 0 aromatic carbocycles. The summed E-state index contributed by atoms with van der Waals surface area (Å²) in [6.07, 6.45) is -10.1. The molecule has 0 aliphatic rings. The molecule has 9 heteroatoms. The molecule has 2 nitrogen and oxygen atoms in total. The average molecular weight is 252 g/mol. The topological polar surface area (TPSA) is 18.5 Å². The molecule has 0 bridgehead atoms. The van der Waals surface area contributed by atoms with Crippen molar-refractivity contribution < 1.29 is 35.8 Å². The van der Waals surface area contributed by atoms with E-state index in [-0.39, 0.29) is 0 Å². The first-order valence-electron chi connectivity index (χ1n) is 3.25. The smallest absolute Gasteiger partial charge is 0.401 e. The van der Waals surface area contributed by atoms with Crippen molar-refractivity contribution in [3.8, 4) is 11.5 Å². The minimum absolute atomic E-state index is 0.598. The van der Waals surface area contributed by atoms with Crippen molar-refractivity contribution in [2.75, 3.05) is 0 Å². The number of hydrogen-bond acceptors (Lipinski definition) is 3. The van der Waals surface area contributed by atoms with E-state index >= 15 is 0 Å². The van der Waals surface area contributed by atoms with Crippen LogP contribution in [0.3, 0.4) is 0 Å². The van der Waals surface area contributed by atoms with Crippen molar-refractivity contribution in [2.45, 2.75) is 12.7 Å². The molecule has 0 atom stereocenters. The first kappa shape index (κ1) is 12.0. The molecule has 0 fully saturated rings. The Morgan fingerprint density at radius 1 is 0.800 bits per heavy atom. The van der Waals surface area contributed by atoms with Gasteiger partial charge in [0.15, 0.2) is 11.5 Å². The fraction of sp³-hybridized carbons (Fsp3) is 0.333. The molecule has 0 saturated carbocycles. The van der Waals surface area contributed by atoms with Crippen molar-refractivity contribution in [1.82, 2.24) is 0 Å². The normalized spacial score (nSPS) is 12.7. The third-order valence-corrected chi connectivity index (χ3v) is 1.74. The van der Waals surface area contributed by atoms with Crippen molar-refractivity contribution in [3.05, 3.63) is 10.8 Å². The highest BCUT2D eigenvalue weighted by Gasteiger charge is 2.36. The van der Waals surface area contributed by atoms with Gasteiger partial charge in [-0.3, -0.25) is 0 Å². The molecular formula is C6H2F6O2S. The molecule has 0 aliphatic heterocycles. The van der Waals surface area contributed by atoms with E-state index in [2.05, 4.69) is 9.47 Å². The second-order valence-electron chi connectivity index (χ2n) is 2.20. The molecule has 1 heterocycles. The van der Waals surface area contributed by atoms with E-state index in [4.69, 9.17) is 0 Å². The number of ether oxygens (including phenoxy) is 2. The van der Waals surface area contributed by atoms with Gasteiger partial charge < -0.3 is 9.47 Å². The number of rotatable bonds is 2. The highest BCUT2D eigenvalue weighted by molar-refractivity contribution is 7.08. The Kier molecular flexibility index (Phi) is 3.03. The maximum Gasteiger partial charge on any atom is 0.573 e. The maximum absolute atomic E-state index is 11.7. The number of alkyl halides is 6. The lowest BCUT2D eigenvalue weighted by Crippen LogP contribution is -2.20. The minimum Gasteiger partial charge on any atom is -0.401 e. The Hall–Kier alpha value is -1.12. The molecule has 0 unspecified atom stereocenters. The largest absolute Gasteiger partial charge is 0.573 e. The molecule has 0 saturated heterocycles. The molecule has 0 radical (unpaired) electrons. The fourth-order valence-electron chi connectivity index (χ4n) is 0.672. The molecule has 0 N–H and O–H groups in total. The van der Waals surface area contributed by atoms with Crippen LogP contribution in [-0.2, 0) is 0 Å². The zero-order valence-corrected chi connectivity index (χ0v) is 7.46. The van der Waals surface area contributed by atoms with Gasteiger partial charge in [0.25, 0.3) is 0 Å². The lowest BCUT2D eigenvalue weighted by Gasteiger charge is -2.11. The molecule has 1 aromatic rings. The highest BCUT2D eigenvalue weighted by atomic mass is 32.1. The van der Waals surface area contributed by atoms with Crippen LogP contribution >= 0.6 is 11.3 Å². The van der Waals surface area contributed by atoms with E-state index in [0.717, 1.165) is 10.8 Å². The van der Waals surface area contributed by atoms with Gasteiger partial charge in [-0.15, -0.1) is 37.7 Å². The first-order chi connectivity index (χ1) is 6.67. The molecule has 1 rings (SSSR count). The quantitative estimate of drug-likeness (QED) is 0.749. The van der Waals surface area contributed by atoms with E-state index in [1.165, 1.54) is 0 Å². The van der Waals surface area contributed by atoms with Crippen LogP contribution in [0.15, 0.2) is 10.8 Å². The molecule has 1 aromatic heterocycles. The summed E-state index contributed by atoms with van der Waals surface area (Å²) in [5.74, 6) is -2.02. The summed E-state index contributed by atoms with van der Waals surface area (Å²) in [6.45, 7) is 0. The monoisotopic (exact) mass is 252 g/mol. The summed E-state index contributed by atoms with van der Waals surface area (Å²) in [5, 5.41) is 1.52. The molecular weight excluding hydrogens is 250 g/mol. The summed E-state index contributed by atoms with van der Waals surface area (Å²) in [6, 6.07) is 0. The van der Waals surface area contributed by atoms with Gasteiger partial charge >= 0.3 is 12.7 Å². The van der Waals surface area contributed by atoms with Crippen LogP contribution in [0.25, 0.3) is 0 Å². The van der Waals surface area contributed by atoms with Crippen molar-refractivity contribution in [2.24, 2.45) is 0 Å². The van der Waals surface area contributed by atoms with Crippen LogP contribution < -0.4 is 9.47 Å². The standard InChI is InChI=1S/C6H2F6O2S/c7-5(8,9)13-3-1-15-2-4(3)14-6(10,11)12/h1-2H. The van der Waals surface area contributed by atoms with Crippen LogP contribution in [0.1, 0.15) is 0 Å². The second-order valence-corrected chi connectivity index (χ2v) is 2.94. The van der Waals surface area contributed by atoms with Crippen LogP contribution in [0, 0.1) is 0 Å². The van der Waals surface area contributed by atoms with Gasteiger partial charge in [-0.05, 0) is 0 Å². The zero-order valence-electron chi connectivity index (χ0n) is 6.65. The van der Waals surface area contributed by atoms with Gasteiger partial charge in [-0.1, -0.05) is 0 Å². The summed E-state index contributed by atoms with van der Waals surface area (Å²) in [4.78, 5) is 0. The van der Waals surface area contributed by atoms with Gasteiger partial charge in [0.1, 0.15) is 0 Å². The predicted octanol–water partition coefficient (Wildman–Crippen LogP) is 3.55. The first-order valence-corrected chi connectivity index (χ1v) is 4.19. The van der Waals surface area contributed by atoms with E-state index in [0.29, 0.717) is 11.3 Å². The Bertz CT molecular complexity index is 297. The van der Waals surface area contributed by atoms with Crippen molar-refractivity contribution in [3.63, 3.8) is 0 Å². The zero-order chi connectivity index (χ0) is 11.7. The van der Waals surface area contributed by atoms with Gasteiger partial charge in [0, 0.05) is 10.8 Å². The summed E-state index contributed by atoms with van der Waals surface area (Å²) < 4.78 is 76.7. The Morgan fingerprint density at radius 2 is 1.13 bits per heavy atom. The SMILES string of the molecule is FC(F)(F)Oc1cscc1OC(F)(F)F. The average Bonchev–Trinajstić information content (AvgIpc) is 2.29. The lowest BCUT2D eigenvalue weighted by atomic mass is 10.5. The minimum atomic E-state index is -5.05. The van der Waals surface area contributed by atoms with E-state index in [9.17, 15) is 26.3 Å². The summed E-state index contributed by atoms with van der Waals surface area (Å²) in [5.41, 5.74) is 0. The van der Waals surface area contributed by atoms with Crippen molar-refractivity contribution >= 4 is 11.3 Å². The van der Waals surface area contributed by atoms with Gasteiger partial charge in [0.2, 0.25) is 0 Å². The highest BCUT2D eigenvalue weighted by Crippen LogP contribution is 2.38. The van der Waals surface area contributed by atoms with Crippen LogP contribution in [0.4, 0.5) is 26.3 Å². The van der Waals surface area contributed by atoms with Crippen LogP contribution in [0.5, 0.6) is 11.5 Å². The second kappa shape index (κ2) is 3.80. The lowest BCUT2D eigenvalue weighted by molar-refractivity contribution is -0.287. The number of thiophene rings is 1. The Balaban J connectivity index is 2.79. The third-order valence-electron chi connectivity index (χ3n) is 1.04. The third kappa shape index (κ3) is 4.28. The van der Waals surface area contributed by atoms with E-state index in [1.807, 2.05) is 0 Å². The Labute approximate surface area is 83.0 Å². The van der Waals surface area contributed by atoms with Crippen LogP contribution in [0.2, 0.25) is 0 Å². The van der Waals surface area contributed by atoms with Gasteiger partial charge in [-0.2, -0.15) is 0 Å². The molecule has 15 heavy (non-hydrogen) atoms. The molecule has 0 aliphatic carbocycles. The van der Waals surface area contributed by atoms with Gasteiger partial charge in [0.05, 0.1) is 0 Å². The van der Waals surface area contributed by atoms with Crippen molar-refractivity contribution in [1.29, 1.82) is 0 Å². The maximum atomic E-state index is 11.7. The molecule has 0 spiro atoms. The van der Waals surface area contributed by atoms with E-state index < -0.39 is 24.2 Å². The summed E-state index contributed by atoms with van der Waals surface area (Å²) >= 11 is 0.598.